The zero-order valence-electron chi connectivity index (χ0n) is 9.56. The summed E-state index contributed by atoms with van der Waals surface area (Å²) in [6, 6.07) is 12.3. The van der Waals surface area contributed by atoms with Crippen molar-refractivity contribution in [2.75, 3.05) is 0 Å². The van der Waals surface area contributed by atoms with Crippen LogP contribution in [0.25, 0.3) is 0 Å². The van der Waals surface area contributed by atoms with Crippen LogP contribution in [0, 0.1) is 5.82 Å². The summed E-state index contributed by atoms with van der Waals surface area (Å²) >= 11 is 0. The zero-order chi connectivity index (χ0) is 13.0. The molecule has 2 aromatic carbocycles. The number of carbonyl (C=O) groups is 1. The van der Waals surface area contributed by atoms with E-state index in [9.17, 15) is 14.3 Å². The Morgan fingerprint density at radius 1 is 1.17 bits per heavy atom. The molecule has 2 N–H and O–H groups in total. The lowest BCUT2D eigenvalue weighted by atomic mass is 10.1. The Labute approximate surface area is 104 Å². The molecular formula is C14H12FNO2. The second-order valence-corrected chi connectivity index (χ2v) is 3.83. The second-order valence-electron chi connectivity index (χ2n) is 3.83. The molecule has 0 heterocycles. The van der Waals surface area contributed by atoms with Gasteiger partial charge in [-0.25, -0.2) is 4.39 Å². The number of nitrogens with one attached hydrogen (secondary N) is 1. The van der Waals surface area contributed by atoms with E-state index in [1.54, 1.807) is 24.3 Å². The van der Waals surface area contributed by atoms with Crippen LogP contribution in [0.2, 0.25) is 0 Å². The number of phenolic OH excluding ortho intramolecular Hbond substituents is 1. The molecule has 92 valence electrons. The highest BCUT2D eigenvalue weighted by Gasteiger charge is 2.09. The summed E-state index contributed by atoms with van der Waals surface area (Å²) in [6.07, 6.45) is 0. The van der Waals surface area contributed by atoms with Gasteiger partial charge in [-0.3, -0.25) is 4.79 Å². The van der Waals surface area contributed by atoms with Crippen LogP contribution in [0.5, 0.6) is 5.75 Å². The Kier molecular flexibility index (Phi) is 3.57. The molecule has 1 amide bonds. The summed E-state index contributed by atoms with van der Waals surface area (Å²) in [4.78, 5) is 11.8. The number of para-hydroxylation sites is 1. The van der Waals surface area contributed by atoms with Crippen LogP contribution in [0.3, 0.4) is 0 Å². The van der Waals surface area contributed by atoms with Gasteiger partial charge in [-0.15, -0.1) is 0 Å². The quantitative estimate of drug-likeness (QED) is 0.872. The molecule has 0 aliphatic heterocycles. The molecule has 0 radical (unpaired) electrons. The van der Waals surface area contributed by atoms with Crippen molar-refractivity contribution < 1.29 is 14.3 Å². The molecule has 0 aromatic heterocycles. The second kappa shape index (κ2) is 5.31. The first-order valence-electron chi connectivity index (χ1n) is 5.47. The van der Waals surface area contributed by atoms with Crippen LogP contribution < -0.4 is 5.32 Å². The molecule has 0 bridgehead atoms. The SMILES string of the molecule is O=C(NCc1cccc(F)c1)c1ccccc1O. The van der Waals surface area contributed by atoms with Gasteiger partial charge in [0.1, 0.15) is 11.6 Å². The highest BCUT2D eigenvalue weighted by molar-refractivity contribution is 5.96. The van der Waals surface area contributed by atoms with E-state index in [0.717, 1.165) is 0 Å². The maximum atomic E-state index is 12.9. The van der Waals surface area contributed by atoms with Crippen molar-refractivity contribution in [2.24, 2.45) is 0 Å². The first-order valence-corrected chi connectivity index (χ1v) is 5.47. The number of benzene rings is 2. The fourth-order valence-electron chi connectivity index (χ4n) is 1.59. The average molecular weight is 245 g/mol. The molecule has 0 saturated carbocycles. The lowest BCUT2D eigenvalue weighted by molar-refractivity contribution is 0.0948. The molecule has 4 heteroatoms. The van der Waals surface area contributed by atoms with E-state index < -0.39 is 5.91 Å². The van der Waals surface area contributed by atoms with Gasteiger partial charge in [0.25, 0.3) is 5.91 Å². The average Bonchev–Trinajstić information content (AvgIpc) is 2.37. The topological polar surface area (TPSA) is 49.3 Å². The van der Waals surface area contributed by atoms with Gasteiger partial charge in [0, 0.05) is 6.54 Å². The third-order valence-corrected chi connectivity index (χ3v) is 2.49. The minimum Gasteiger partial charge on any atom is -0.507 e. The van der Waals surface area contributed by atoms with Crippen molar-refractivity contribution in [3.8, 4) is 5.75 Å². The fraction of sp³-hybridized carbons (Fsp3) is 0.0714. The summed E-state index contributed by atoms with van der Waals surface area (Å²) in [6.45, 7) is 0.213. The van der Waals surface area contributed by atoms with E-state index in [2.05, 4.69) is 5.32 Å². The van der Waals surface area contributed by atoms with Crippen LogP contribution in [-0.2, 0) is 6.54 Å². The third-order valence-electron chi connectivity index (χ3n) is 2.49. The van der Waals surface area contributed by atoms with Crippen molar-refractivity contribution in [2.45, 2.75) is 6.54 Å². The van der Waals surface area contributed by atoms with Gasteiger partial charge >= 0.3 is 0 Å². The van der Waals surface area contributed by atoms with Crippen LogP contribution in [-0.4, -0.2) is 11.0 Å². The molecule has 0 unspecified atom stereocenters. The minimum absolute atomic E-state index is 0.0748. The lowest BCUT2D eigenvalue weighted by Gasteiger charge is -2.06. The van der Waals surface area contributed by atoms with E-state index >= 15 is 0 Å². The van der Waals surface area contributed by atoms with E-state index in [1.165, 1.54) is 24.3 Å². The largest absolute Gasteiger partial charge is 0.507 e. The molecule has 2 aromatic rings. The first-order chi connectivity index (χ1) is 8.66. The van der Waals surface area contributed by atoms with E-state index in [0.29, 0.717) is 5.56 Å². The molecule has 3 nitrogen and oxygen atoms in total. The van der Waals surface area contributed by atoms with Gasteiger partial charge in [-0.05, 0) is 29.8 Å². The standard InChI is InChI=1S/C14H12FNO2/c15-11-5-3-4-10(8-11)9-16-14(18)12-6-1-2-7-13(12)17/h1-8,17H,9H2,(H,16,18). The third kappa shape index (κ3) is 2.85. The predicted molar refractivity (Wildman–Crippen MR) is 65.7 cm³/mol. The van der Waals surface area contributed by atoms with Gasteiger partial charge in [-0.1, -0.05) is 24.3 Å². The van der Waals surface area contributed by atoms with Gasteiger partial charge in [0.2, 0.25) is 0 Å². The first kappa shape index (κ1) is 12.1. The van der Waals surface area contributed by atoms with Crippen molar-refractivity contribution >= 4 is 5.91 Å². The Balaban J connectivity index is 2.03. The summed E-state index contributed by atoms with van der Waals surface area (Å²) < 4.78 is 12.9. The lowest BCUT2D eigenvalue weighted by Crippen LogP contribution is -2.22. The molecule has 0 fully saturated rings. The fourth-order valence-corrected chi connectivity index (χ4v) is 1.59. The maximum absolute atomic E-state index is 12.9. The van der Waals surface area contributed by atoms with Crippen LogP contribution in [0.1, 0.15) is 15.9 Å². The van der Waals surface area contributed by atoms with Crippen LogP contribution in [0.4, 0.5) is 4.39 Å². The molecular weight excluding hydrogens is 233 g/mol. The molecule has 0 saturated heterocycles. The number of hydrogen-bond acceptors (Lipinski definition) is 2. The number of halogens is 1. The Bertz CT molecular complexity index is 569. The summed E-state index contributed by atoms with van der Waals surface area (Å²) in [5.74, 6) is -0.809. The minimum atomic E-state index is -0.391. The smallest absolute Gasteiger partial charge is 0.255 e. The number of rotatable bonds is 3. The highest BCUT2D eigenvalue weighted by Crippen LogP contribution is 2.15. The summed E-state index contributed by atoms with van der Waals surface area (Å²) in [7, 11) is 0. The number of hydrogen-bond donors (Lipinski definition) is 2. The highest BCUT2D eigenvalue weighted by atomic mass is 19.1. The Morgan fingerprint density at radius 3 is 2.67 bits per heavy atom. The number of phenols is 1. The molecule has 2 rings (SSSR count). The van der Waals surface area contributed by atoms with E-state index in [4.69, 9.17) is 0 Å². The molecule has 0 aliphatic carbocycles. The van der Waals surface area contributed by atoms with Crippen molar-refractivity contribution in [1.29, 1.82) is 0 Å². The maximum Gasteiger partial charge on any atom is 0.255 e. The predicted octanol–water partition coefficient (Wildman–Crippen LogP) is 2.46. The van der Waals surface area contributed by atoms with Gasteiger partial charge < -0.3 is 10.4 Å². The molecule has 0 atom stereocenters. The summed E-state index contributed by atoms with van der Waals surface area (Å²) in [5, 5.41) is 12.1. The molecule has 18 heavy (non-hydrogen) atoms. The monoisotopic (exact) mass is 245 g/mol. The van der Waals surface area contributed by atoms with Crippen LogP contribution >= 0.6 is 0 Å². The van der Waals surface area contributed by atoms with Crippen molar-refractivity contribution in [3.05, 3.63) is 65.5 Å². The number of amides is 1. The van der Waals surface area contributed by atoms with Gasteiger partial charge in [0.15, 0.2) is 0 Å². The molecule has 0 spiro atoms. The Morgan fingerprint density at radius 2 is 1.94 bits per heavy atom. The van der Waals surface area contributed by atoms with Crippen LogP contribution in [0.15, 0.2) is 48.5 Å². The van der Waals surface area contributed by atoms with Gasteiger partial charge in [0.05, 0.1) is 5.56 Å². The zero-order valence-corrected chi connectivity index (χ0v) is 9.56. The Hall–Kier alpha value is -2.36. The van der Waals surface area contributed by atoms with Crippen molar-refractivity contribution in [3.63, 3.8) is 0 Å². The van der Waals surface area contributed by atoms with Gasteiger partial charge in [-0.2, -0.15) is 0 Å². The number of aromatic hydroxyl groups is 1. The summed E-state index contributed by atoms with van der Waals surface area (Å²) in [5.41, 5.74) is 0.868. The van der Waals surface area contributed by atoms with E-state index in [1.807, 2.05) is 0 Å². The van der Waals surface area contributed by atoms with Crippen molar-refractivity contribution in [1.82, 2.24) is 5.32 Å². The normalized spacial score (nSPS) is 10.1. The number of carbonyl (C=O) groups excluding carboxylic acids is 1. The molecule has 0 aliphatic rings. The van der Waals surface area contributed by atoms with E-state index in [-0.39, 0.29) is 23.7 Å².